The maximum absolute atomic E-state index is 12.8. The van der Waals surface area contributed by atoms with Gasteiger partial charge in [-0.15, -0.1) is 0 Å². The van der Waals surface area contributed by atoms with Gasteiger partial charge < -0.3 is 19.3 Å². The highest BCUT2D eigenvalue weighted by Crippen LogP contribution is 2.45. The number of carboxylic acids is 1. The maximum atomic E-state index is 12.8. The molecule has 3 aromatic carbocycles. The van der Waals surface area contributed by atoms with Crippen molar-refractivity contribution in [2.24, 2.45) is 0 Å². The quantitative estimate of drug-likeness (QED) is 0.230. The lowest BCUT2D eigenvalue weighted by atomic mass is 9.86. The van der Waals surface area contributed by atoms with Gasteiger partial charge in [-0.1, -0.05) is 30.3 Å². The molecule has 1 aliphatic rings. The summed E-state index contributed by atoms with van der Waals surface area (Å²) in [4.78, 5) is 22.4. The van der Waals surface area contributed by atoms with Crippen molar-refractivity contribution in [3.05, 3.63) is 95.2 Å². The number of carboxylic acid groups (broad SMARTS) is 1. The van der Waals surface area contributed by atoms with E-state index in [0.717, 1.165) is 56.3 Å². The first-order valence-corrected chi connectivity index (χ1v) is 13.7. The highest BCUT2D eigenvalue weighted by Gasteiger charge is 2.33. The number of rotatable bonds is 7. The van der Waals surface area contributed by atoms with E-state index in [4.69, 9.17) is 24.2 Å². The van der Waals surface area contributed by atoms with Crippen molar-refractivity contribution >= 4 is 27.8 Å². The Balaban J connectivity index is 1.59. The van der Waals surface area contributed by atoms with E-state index in [2.05, 4.69) is 0 Å². The summed E-state index contributed by atoms with van der Waals surface area (Å²) in [5.41, 5.74) is 5.85. The van der Waals surface area contributed by atoms with E-state index < -0.39 is 17.7 Å². The summed E-state index contributed by atoms with van der Waals surface area (Å²) in [6.45, 7) is 8.48. The molecule has 1 N–H and O–H groups in total. The Labute approximate surface area is 238 Å². The third-order valence-corrected chi connectivity index (χ3v) is 7.24. The van der Waals surface area contributed by atoms with E-state index >= 15 is 0 Å². The average molecular weight is 549 g/mol. The summed E-state index contributed by atoms with van der Waals surface area (Å²) in [6.07, 6.45) is 1.39. The first kappa shape index (κ1) is 26.7. The summed E-state index contributed by atoms with van der Waals surface area (Å²) in [7, 11) is 0. The molecule has 5 aromatic rings. The van der Waals surface area contributed by atoms with Gasteiger partial charge in [-0.3, -0.25) is 4.98 Å². The van der Waals surface area contributed by atoms with Crippen molar-refractivity contribution in [3.8, 4) is 22.8 Å². The van der Waals surface area contributed by atoms with Crippen molar-refractivity contribution in [1.29, 1.82) is 0 Å². The second-order valence-corrected chi connectivity index (χ2v) is 11.3. The van der Waals surface area contributed by atoms with Crippen LogP contribution >= 0.6 is 0 Å². The van der Waals surface area contributed by atoms with Crippen molar-refractivity contribution in [2.75, 3.05) is 6.61 Å². The molecule has 208 valence electrons. The van der Waals surface area contributed by atoms with Gasteiger partial charge in [0.25, 0.3) is 0 Å². The van der Waals surface area contributed by atoms with Crippen molar-refractivity contribution < 1.29 is 24.1 Å². The highest BCUT2D eigenvalue weighted by atomic mass is 16.5. The molecule has 7 heteroatoms. The molecule has 1 atom stereocenters. The number of pyridine rings is 2. The first-order valence-electron chi connectivity index (χ1n) is 13.7. The smallest absolute Gasteiger partial charge is 0.337 e. The van der Waals surface area contributed by atoms with Crippen LogP contribution in [0.3, 0.4) is 0 Å². The highest BCUT2D eigenvalue weighted by molar-refractivity contribution is 6.08. The van der Waals surface area contributed by atoms with Crippen LogP contribution < -0.4 is 9.47 Å². The van der Waals surface area contributed by atoms with Crippen molar-refractivity contribution in [2.45, 2.75) is 52.4 Å². The van der Waals surface area contributed by atoms with Gasteiger partial charge in [0.2, 0.25) is 5.88 Å². The molecule has 0 radical (unpaired) electrons. The largest absolute Gasteiger partial charge is 0.493 e. The van der Waals surface area contributed by atoms with Crippen molar-refractivity contribution in [1.82, 2.24) is 9.97 Å². The molecule has 2 aromatic heterocycles. The first-order chi connectivity index (χ1) is 19.7. The minimum Gasteiger partial charge on any atom is -0.493 e. The monoisotopic (exact) mass is 548 g/mol. The van der Waals surface area contributed by atoms with Gasteiger partial charge in [0, 0.05) is 40.6 Å². The van der Waals surface area contributed by atoms with Crippen molar-refractivity contribution in [3.63, 3.8) is 0 Å². The lowest BCUT2D eigenvalue weighted by Gasteiger charge is -2.29. The number of nitrogens with zero attached hydrogens (tertiary/aromatic N) is 2. The Hall–Kier alpha value is -4.49. The fourth-order valence-corrected chi connectivity index (χ4v) is 5.53. The van der Waals surface area contributed by atoms with E-state index in [0.29, 0.717) is 30.2 Å². The molecule has 0 aliphatic carbocycles. The third kappa shape index (κ3) is 5.21. The lowest BCUT2D eigenvalue weighted by molar-refractivity contribution is -0.160. The molecular formula is C34H32N2O5. The minimum absolute atomic E-state index is 0.391. The number of hydrogen-bond acceptors (Lipinski definition) is 6. The van der Waals surface area contributed by atoms with Crippen LogP contribution in [-0.2, 0) is 22.6 Å². The zero-order valence-electron chi connectivity index (χ0n) is 23.6. The fourth-order valence-electron chi connectivity index (χ4n) is 5.53. The van der Waals surface area contributed by atoms with Crippen LogP contribution in [0.15, 0.2) is 72.9 Å². The molecule has 0 amide bonds. The molecule has 0 saturated carbocycles. The molecule has 0 unspecified atom stereocenters. The number of hydrogen-bond donors (Lipinski definition) is 1. The van der Waals surface area contributed by atoms with Crippen LogP contribution in [-0.4, -0.2) is 33.3 Å². The zero-order chi connectivity index (χ0) is 28.7. The number of benzene rings is 3. The molecule has 0 fully saturated rings. The fraction of sp³-hybridized carbons (Fsp3) is 0.265. The Morgan fingerprint density at radius 1 is 1.07 bits per heavy atom. The van der Waals surface area contributed by atoms with Crippen LogP contribution in [0.2, 0.25) is 0 Å². The number of fused-ring (bicyclic) bond motifs is 1. The molecular weight excluding hydrogens is 516 g/mol. The minimum atomic E-state index is -1.20. The maximum Gasteiger partial charge on any atom is 0.337 e. The van der Waals surface area contributed by atoms with Crippen LogP contribution in [0.4, 0.5) is 0 Å². The predicted molar refractivity (Wildman–Crippen MR) is 158 cm³/mol. The lowest BCUT2D eigenvalue weighted by Crippen LogP contribution is -2.28. The SMILES string of the molecule is Cc1cc2nc(OCc3ccccc3)ccc2c(-c2ccc3c4c(ccnc24)CCO3)c1[C@H](OC(C)(C)C)C(=O)O. The van der Waals surface area contributed by atoms with Gasteiger partial charge in [0.05, 0.1) is 23.2 Å². The topological polar surface area (TPSA) is 90.8 Å². The van der Waals surface area contributed by atoms with Crippen LogP contribution in [0.1, 0.15) is 49.1 Å². The number of aliphatic carboxylic acids is 1. The molecule has 3 heterocycles. The summed E-state index contributed by atoms with van der Waals surface area (Å²) in [6, 6.07) is 21.5. The zero-order valence-corrected chi connectivity index (χ0v) is 23.6. The van der Waals surface area contributed by atoms with Gasteiger partial charge in [-0.25, -0.2) is 9.78 Å². The Morgan fingerprint density at radius 2 is 1.88 bits per heavy atom. The Bertz CT molecular complexity index is 1770. The molecule has 1 aliphatic heterocycles. The standard InChI is InChI=1S/C34H32N2O5/c1-20-18-25-23(11-13-27(36-25)40-19-21-8-6-5-7-9-21)30(28(20)32(33(37)38)41-34(2,3)4)24-10-12-26-29-22(15-17-39-26)14-16-35-31(24)29/h5-14,16,18,32H,15,17,19H2,1-4H3,(H,37,38)/t32-/m0/s1. The second-order valence-electron chi connectivity index (χ2n) is 11.3. The molecule has 0 spiro atoms. The summed E-state index contributed by atoms with van der Waals surface area (Å²) in [5.74, 6) is 0.217. The van der Waals surface area contributed by atoms with Gasteiger partial charge in [0.1, 0.15) is 12.4 Å². The van der Waals surface area contributed by atoms with E-state index in [-0.39, 0.29) is 0 Å². The summed E-state index contributed by atoms with van der Waals surface area (Å²) >= 11 is 0. The average Bonchev–Trinajstić information content (AvgIpc) is 2.95. The number of ether oxygens (including phenoxy) is 3. The predicted octanol–water partition coefficient (Wildman–Crippen LogP) is 7.21. The Kier molecular flexibility index (Phi) is 6.83. The van der Waals surface area contributed by atoms with E-state index in [1.807, 2.05) is 101 Å². The van der Waals surface area contributed by atoms with Gasteiger partial charge >= 0.3 is 5.97 Å². The molecule has 41 heavy (non-hydrogen) atoms. The number of aryl methyl sites for hydroxylation is 1. The molecule has 6 rings (SSSR count). The third-order valence-electron chi connectivity index (χ3n) is 7.24. The normalized spacial score (nSPS) is 13.7. The van der Waals surface area contributed by atoms with Crippen LogP contribution in [0, 0.1) is 6.92 Å². The van der Waals surface area contributed by atoms with Gasteiger partial charge in [-0.2, -0.15) is 0 Å². The molecule has 0 saturated heterocycles. The second kappa shape index (κ2) is 10.5. The van der Waals surface area contributed by atoms with Gasteiger partial charge in [0.15, 0.2) is 6.10 Å². The van der Waals surface area contributed by atoms with E-state index in [1.165, 1.54) is 0 Å². The van der Waals surface area contributed by atoms with Crippen LogP contribution in [0.25, 0.3) is 32.9 Å². The van der Waals surface area contributed by atoms with Gasteiger partial charge in [-0.05, 0) is 80.3 Å². The molecule has 7 nitrogen and oxygen atoms in total. The molecule has 0 bridgehead atoms. The summed E-state index contributed by atoms with van der Waals surface area (Å²) < 4.78 is 18.2. The van der Waals surface area contributed by atoms with E-state index in [1.54, 1.807) is 0 Å². The van der Waals surface area contributed by atoms with Crippen LogP contribution in [0.5, 0.6) is 11.6 Å². The summed E-state index contributed by atoms with van der Waals surface area (Å²) in [5, 5.41) is 12.2. The Morgan fingerprint density at radius 3 is 2.63 bits per heavy atom. The number of aromatic nitrogens is 2. The van der Waals surface area contributed by atoms with E-state index in [9.17, 15) is 9.90 Å². The number of carbonyl (C=O) groups is 1.